The minimum Gasteiger partial charge on any atom is -0.423 e. The lowest BCUT2D eigenvalue weighted by atomic mass is 9.80. The molecule has 0 aliphatic carbocycles. The van der Waals surface area contributed by atoms with Gasteiger partial charge >= 0.3 is 7.12 Å². The van der Waals surface area contributed by atoms with Gasteiger partial charge in [0, 0.05) is 27.3 Å². The fourth-order valence-corrected chi connectivity index (χ4v) is 5.81. The highest BCUT2D eigenvalue weighted by Crippen LogP contribution is 2.30. The van der Waals surface area contributed by atoms with Gasteiger partial charge in [0.1, 0.15) is 23.3 Å². The number of benzene rings is 4. The number of halogens is 1. The Labute approximate surface area is 285 Å². The van der Waals surface area contributed by atoms with E-state index in [-0.39, 0.29) is 12.1 Å². The molecule has 240 valence electrons. The molecule has 0 saturated heterocycles. The Bertz CT molecular complexity index is 2050. The number of fused-ring (bicyclic) bond motifs is 2. The Kier molecular flexibility index (Phi) is 10.5. The minimum absolute atomic E-state index is 0.0603. The summed E-state index contributed by atoms with van der Waals surface area (Å²) in [7, 11) is -1.52. The molecule has 2 heterocycles. The summed E-state index contributed by atoms with van der Waals surface area (Å²) in [5.41, 5.74) is 8.21. The van der Waals surface area contributed by atoms with Crippen molar-refractivity contribution in [1.29, 1.82) is 0 Å². The maximum atomic E-state index is 9.41. The summed E-state index contributed by atoms with van der Waals surface area (Å²) in [6.07, 6.45) is 0. The van der Waals surface area contributed by atoms with Gasteiger partial charge in [0.25, 0.3) is 0 Å². The largest absolute Gasteiger partial charge is 0.488 e. The van der Waals surface area contributed by atoms with Crippen LogP contribution in [-0.2, 0) is 0 Å². The number of hydrogen-bond donors (Lipinski definition) is 4. The highest BCUT2D eigenvalue weighted by molar-refractivity contribution is 9.10. The van der Waals surface area contributed by atoms with Crippen LogP contribution in [0.15, 0.2) is 83.3 Å². The van der Waals surface area contributed by atoms with Gasteiger partial charge < -0.3 is 20.7 Å². The highest BCUT2D eigenvalue weighted by Gasteiger charge is 2.16. The zero-order valence-electron chi connectivity index (χ0n) is 27.8. The molecule has 0 aliphatic heterocycles. The van der Waals surface area contributed by atoms with Crippen LogP contribution in [0, 0.1) is 34.6 Å². The summed E-state index contributed by atoms with van der Waals surface area (Å²) in [6.45, 7) is 14.2. The molecule has 6 rings (SSSR count). The van der Waals surface area contributed by atoms with Crippen LogP contribution in [0.1, 0.15) is 65.4 Å². The normalized spacial score (nSPS) is 12.3. The van der Waals surface area contributed by atoms with Gasteiger partial charge in [0.2, 0.25) is 0 Å². The van der Waals surface area contributed by atoms with Crippen molar-refractivity contribution in [3.05, 3.63) is 123 Å². The maximum absolute atomic E-state index is 9.41. The Morgan fingerprint density at radius 3 is 1.64 bits per heavy atom. The number of nitrogens with one attached hydrogen (secondary N) is 2. The lowest BCUT2D eigenvalue weighted by Crippen LogP contribution is -2.29. The van der Waals surface area contributed by atoms with Crippen LogP contribution < -0.4 is 16.1 Å². The van der Waals surface area contributed by atoms with Gasteiger partial charge in [-0.05, 0) is 94.9 Å². The molecule has 4 aromatic carbocycles. The molecule has 0 spiro atoms. The van der Waals surface area contributed by atoms with Crippen molar-refractivity contribution < 1.29 is 10.0 Å². The zero-order valence-corrected chi connectivity index (χ0v) is 29.4. The average molecular weight is 691 g/mol. The van der Waals surface area contributed by atoms with Crippen LogP contribution in [0.25, 0.3) is 21.8 Å². The first-order valence-electron chi connectivity index (χ1n) is 15.6. The first kappa shape index (κ1) is 34.0. The van der Waals surface area contributed by atoms with Crippen molar-refractivity contribution in [2.75, 3.05) is 10.6 Å². The molecule has 0 bridgehead atoms. The van der Waals surface area contributed by atoms with Gasteiger partial charge in [0.05, 0.1) is 11.0 Å². The van der Waals surface area contributed by atoms with E-state index in [1.54, 1.807) is 18.2 Å². The third-order valence-electron chi connectivity index (χ3n) is 8.01. The summed E-state index contributed by atoms with van der Waals surface area (Å²) >= 11 is 3.61. The Morgan fingerprint density at radius 2 is 1.13 bits per heavy atom. The predicted molar refractivity (Wildman–Crippen MR) is 197 cm³/mol. The van der Waals surface area contributed by atoms with Crippen molar-refractivity contribution in [1.82, 2.24) is 19.9 Å². The summed E-state index contributed by atoms with van der Waals surface area (Å²) < 4.78 is 1.07. The van der Waals surface area contributed by atoms with E-state index >= 15 is 0 Å². The van der Waals surface area contributed by atoms with Crippen molar-refractivity contribution in [3.63, 3.8) is 0 Å². The maximum Gasteiger partial charge on any atom is 0.488 e. The molecule has 0 unspecified atom stereocenters. The first-order chi connectivity index (χ1) is 22.4. The monoisotopic (exact) mass is 690 g/mol. The van der Waals surface area contributed by atoms with Gasteiger partial charge in [0.15, 0.2) is 0 Å². The minimum atomic E-state index is -1.52. The Balaban J connectivity index is 0.000000185. The van der Waals surface area contributed by atoms with E-state index in [0.29, 0.717) is 17.1 Å². The summed E-state index contributed by atoms with van der Waals surface area (Å²) in [4.78, 5) is 18.1. The fourth-order valence-electron chi connectivity index (χ4n) is 5.47. The van der Waals surface area contributed by atoms with E-state index in [1.165, 1.54) is 22.3 Å². The van der Waals surface area contributed by atoms with E-state index < -0.39 is 7.12 Å². The fraction of sp³-hybridized carbons (Fsp3) is 0.243. The topological polar surface area (TPSA) is 116 Å². The van der Waals surface area contributed by atoms with Gasteiger partial charge in [-0.1, -0.05) is 81.7 Å². The van der Waals surface area contributed by atoms with E-state index in [4.69, 9.17) is 0 Å². The van der Waals surface area contributed by atoms with E-state index in [0.717, 1.165) is 43.5 Å². The van der Waals surface area contributed by atoms with Crippen LogP contribution in [0.2, 0.25) is 0 Å². The van der Waals surface area contributed by atoms with Crippen LogP contribution in [0.4, 0.5) is 11.6 Å². The van der Waals surface area contributed by atoms with Gasteiger partial charge in [-0.3, -0.25) is 0 Å². The molecule has 0 amide bonds. The van der Waals surface area contributed by atoms with E-state index in [2.05, 4.69) is 136 Å². The molecule has 2 atom stereocenters. The Hall–Kier alpha value is -4.38. The molecular formula is C37H40BBrN6O2. The second kappa shape index (κ2) is 14.6. The smallest absolute Gasteiger partial charge is 0.423 e. The van der Waals surface area contributed by atoms with Crippen molar-refractivity contribution in [3.8, 4) is 0 Å². The van der Waals surface area contributed by atoms with Crippen LogP contribution in [-0.4, -0.2) is 37.1 Å². The SMILES string of the molecule is Cc1cccc([C@@H](C)Nc2nc(C)nc3cc(C)c(Br)cc23)c1.Cc1cccc([C@@H](C)Nc2nc(C)nc3ccc(B(O)O)cc23)c1. The molecule has 8 nitrogen and oxygen atoms in total. The molecule has 2 aromatic heterocycles. The number of aryl methyl sites for hydroxylation is 5. The lowest BCUT2D eigenvalue weighted by Gasteiger charge is -2.17. The van der Waals surface area contributed by atoms with Crippen molar-refractivity contribution >= 4 is 62.0 Å². The molecule has 0 radical (unpaired) electrons. The third kappa shape index (κ3) is 8.32. The Morgan fingerprint density at radius 1 is 0.617 bits per heavy atom. The van der Waals surface area contributed by atoms with E-state index in [9.17, 15) is 10.0 Å². The molecule has 0 aliphatic rings. The average Bonchev–Trinajstić information content (AvgIpc) is 3.02. The molecule has 0 saturated carbocycles. The second-order valence-corrected chi connectivity index (χ2v) is 12.9. The number of hydrogen-bond acceptors (Lipinski definition) is 8. The molecule has 0 fully saturated rings. The van der Waals surface area contributed by atoms with E-state index in [1.807, 2.05) is 19.9 Å². The first-order valence-corrected chi connectivity index (χ1v) is 16.4. The molecule has 10 heteroatoms. The van der Waals surface area contributed by atoms with Crippen molar-refractivity contribution in [2.24, 2.45) is 0 Å². The second-order valence-electron chi connectivity index (χ2n) is 12.1. The third-order valence-corrected chi connectivity index (χ3v) is 8.86. The van der Waals surface area contributed by atoms with Crippen molar-refractivity contribution in [2.45, 2.75) is 60.5 Å². The molecule has 47 heavy (non-hydrogen) atoms. The number of nitrogens with zero attached hydrogens (tertiary/aromatic N) is 4. The van der Waals surface area contributed by atoms with Gasteiger partial charge in [-0.2, -0.15) is 0 Å². The number of anilines is 2. The van der Waals surface area contributed by atoms with Gasteiger partial charge in [-0.15, -0.1) is 0 Å². The standard InChI is InChI=1S/C19H20BrN3.C18H20BN3O2/c1-11-6-5-7-15(8-11)13(3)21-19-16-10-17(20)12(2)9-18(16)22-14(4)23-19;1-11-5-4-6-14(9-11)12(2)20-18-16-10-15(19(23)24)7-8-17(16)21-13(3)22-18/h5-10,13H,1-4H3,(H,21,22,23);4-10,12,23-24H,1-3H3,(H,20,21,22)/t13-;12-/m11/s1. The lowest BCUT2D eigenvalue weighted by molar-refractivity contribution is 0.426. The van der Waals surface area contributed by atoms with Crippen LogP contribution in [0.5, 0.6) is 0 Å². The molecular weight excluding hydrogens is 651 g/mol. The van der Waals surface area contributed by atoms with Crippen LogP contribution in [0.3, 0.4) is 0 Å². The quantitative estimate of drug-likeness (QED) is 0.127. The zero-order chi connectivity index (χ0) is 33.8. The van der Waals surface area contributed by atoms with Crippen LogP contribution >= 0.6 is 15.9 Å². The summed E-state index contributed by atoms with van der Waals surface area (Å²) in [6, 6.07) is 26.4. The highest BCUT2D eigenvalue weighted by atomic mass is 79.9. The molecule has 4 N–H and O–H groups in total. The number of aromatic nitrogens is 4. The predicted octanol–water partition coefficient (Wildman–Crippen LogP) is 7.59. The molecule has 6 aromatic rings. The summed E-state index contributed by atoms with van der Waals surface area (Å²) in [5, 5.41) is 27.6. The van der Waals surface area contributed by atoms with Gasteiger partial charge in [-0.25, -0.2) is 19.9 Å². The summed E-state index contributed by atoms with van der Waals surface area (Å²) in [5.74, 6) is 3.01. The number of rotatable bonds is 7.